The first-order valence-electron chi connectivity index (χ1n) is 5.57. The predicted octanol–water partition coefficient (Wildman–Crippen LogP) is 2.50. The second kappa shape index (κ2) is 5.69. The maximum atomic E-state index is 11.7. The van der Waals surface area contributed by atoms with Crippen LogP contribution in [0.2, 0.25) is 5.02 Å². The molecule has 1 heterocycles. The van der Waals surface area contributed by atoms with E-state index in [0.717, 1.165) is 11.3 Å². The molecule has 4 nitrogen and oxygen atoms in total. The molecule has 0 unspecified atom stereocenters. The normalized spacial score (nSPS) is 10.3. The lowest BCUT2D eigenvalue weighted by Crippen LogP contribution is -2.24. The summed E-state index contributed by atoms with van der Waals surface area (Å²) >= 11 is 5.85. The van der Waals surface area contributed by atoms with Crippen molar-refractivity contribution in [3.8, 4) is 0 Å². The van der Waals surface area contributed by atoms with Gasteiger partial charge in [-0.3, -0.25) is 4.79 Å². The summed E-state index contributed by atoms with van der Waals surface area (Å²) in [7, 11) is 0. The summed E-state index contributed by atoms with van der Waals surface area (Å²) in [6.45, 7) is 2.18. The van der Waals surface area contributed by atoms with Gasteiger partial charge in [0.15, 0.2) is 0 Å². The maximum Gasteiger partial charge on any atom is 0.224 e. The molecule has 0 radical (unpaired) electrons. The summed E-state index contributed by atoms with van der Waals surface area (Å²) in [6.07, 6.45) is 0.303. The van der Waals surface area contributed by atoms with Crippen molar-refractivity contribution in [2.24, 2.45) is 0 Å². The largest absolute Gasteiger partial charge is 0.361 e. The fourth-order valence-electron chi connectivity index (χ4n) is 1.59. The highest BCUT2D eigenvalue weighted by atomic mass is 35.5. The first-order valence-corrected chi connectivity index (χ1v) is 5.94. The molecule has 0 saturated carbocycles. The highest BCUT2D eigenvalue weighted by Gasteiger charge is 2.05. The third kappa shape index (κ3) is 3.60. The smallest absolute Gasteiger partial charge is 0.224 e. The van der Waals surface area contributed by atoms with Crippen LogP contribution in [0, 0.1) is 6.92 Å². The molecule has 0 aliphatic rings. The lowest BCUT2D eigenvalue weighted by Gasteiger charge is -2.03. The number of halogens is 1. The van der Waals surface area contributed by atoms with Crippen LogP contribution < -0.4 is 5.32 Å². The number of carbonyl (C=O) groups is 1. The molecule has 0 aliphatic carbocycles. The Hall–Kier alpha value is -1.81. The Morgan fingerprint density at radius 1 is 1.44 bits per heavy atom. The number of nitrogens with zero attached hydrogens (tertiary/aromatic N) is 1. The van der Waals surface area contributed by atoms with Crippen molar-refractivity contribution in [2.45, 2.75) is 19.9 Å². The highest BCUT2D eigenvalue weighted by Crippen LogP contribution is 2.11. The van der Waals surface area contributed by atoms with Crippen LogP contribution in [0.15, 0.2) is 34.9 Å². The molecule has 94 valence electrons. The molecular weight excluding hydrogens is 252 g/mol. The standard InChI is InChI=1S/C13H13ClN2O2/c1-9-5-12(16-18-9)8-15-13(17)7-10-3-2-4-11(14)6-10/h2-6H,7-8H2,1H3,(H,15,17). The Morgan fingerprint density at radius 3 is 2.94 bits per heavy atom. The Labute approximate surface area is 110 Å². The van der Waals surface area contributed by atoms with Crippen LogP contribution in [-0.2, 0) is 17.8 Å². The monoisotopic (exact) mass is 264 g/mol. The zero-order valence-corrected chi connectivity index (χ0v) is 10.7. The third-order valence-corrected chi connectivity index (χ3v) is 2.63. The number of benzene rings is 1. The van der Waals surface area contributed by atoms with E-state index in [1.807, 2.05) is 19.1 Å². The SMILES string of the molecule is Cc1cc(CNC(=O)Cc2cccc(Cl)c2)no1. The predicted molar refractivity (Wildman–Crippen MR) is 68.2 cm³/mol. The molecule has 1 amide bonds. The lowest BCUT2D eigenvalue weighted by molar-refractivity contribution is -0.120. The molecule has 0 bridgehead atoms. The van der Waals surface area contributed by atoms with Gasteiger partial charge in [0.25, 0.3) is 0 Å². The summed E-state index contributed by atoms with van der Waals surface area (Å²) in [5, 5.41) is 7.21. The number of rotatable bonds is 4. The van der Waals surface area contributed by atoms with E-state index in [2.05, 4.69) is 10.5 Å². The number of amides is 1. The topological polar surface area (TPSA) is 55.1 Å². The molecule has 2 aromatic rings. The van der Waals surface area contributed by atoms with Crippen molar-refractivity contribution in [1.82, 2.24) is 10.5 Å². The molecule has 0 aliphatic heterocycles. The summed E-state index contributed by atoms with van der Waals surface area (Å²) in [5.74, 6) is 0.659. The molecular formula is C13H13ClN2O2. The van der Waals surface area contributed by atoms with Crippen LogP contribution in [0.4, 0.5) is 0 Å². The molecule has 5 heteroatoms. The summed E-state index contributed by atoms with van der Waals surface area (Å²) in [6, 6.07) is 9.04. The average Bonchev–Trinajstić information content (AvgIpc) is 2.73. The number of hydrogen-bond donors (Lipinski definition) is 1. The highest BCUT2D eigenvalue weighted by molar-refractivity contribution is 6.30. The van der Waals surface area contributed by atoms with Crippen molar-refractivity contribution in [2.75, 3.05) is 0 Å². The minimum atomic E-state index is -0.0714. The van der Waals surface area contributed by atoms with E-state index in [-0.39, 0.29) is 5.91 Å². The summed E-state index contributed by atoms with van der Waals surface area (Å²) in [4.78, 5) is 11.7. The van der Waals surface area contributed by atoms with E-state index in [1.54, 1.807) is 18.2 Å². The zero-order chi connectivity index (χ0) is 13.0. The van der Waals surface area contributed by atoms with Gasteiger partial charge in [0.05, 0.1) is 13.0 Å². The van der Waals surface area contributed by atoms with E-state index in [1.165, 1.54) is 0 Å². The number of hydrogen-bond acceptors (Lipinski definition) is 3. The van der Waals surface area contributed by atoms with Gasteiger partial charge < -0.3 is 9.84 Å². The quantitative estimate of drug-likeness (QED) is 0.923. The molecule has 18 heavy (non-hydrogen) atoms. The minimum absolute atomic E-state index is 0.0714. The van der Waals surface area contributed by atoms with Crippen molar-refractivity contribution in [1.29, 1.82) is 0 Å². The van der Waals surface area contributed by atoms with Gasteiger partial charge in [0, 0.05) is 11.1 Å². The molecule has 1 N–H and O–H groups in total. The van der Waals surface area contributed by atoms with Crippen molar-refractivity contribution < 1.29 is 9.32 Å². The number of carbonyl (C=O) groups excluding carboxylic acids is 1. The van der Waals surface area contributed by atoms with E-state index in [4.69, 9.17) is 16.1 Å². The summed E-state index contributed by atoms with van der Waals surface area (Å²) in [5.41, 5.74) is 1.60. The van der Waals surface area contributed by atoms with Crippen molar-refractivity contribution in [3.63, 3.8) is 0 Å². The van der Waals surface area contributed by atoms with Gasteiger partial charge in [0.1, 0.15) is 11.5 Å². The summed E-state index contributed by atoms with van der Waals surface area (Å²) < 4.78 is 4.91. The fourth-order valence-corrected chi connectivity index (χ4v) is 1.80. The van der Waals surface area contributed by atoms with Crippen LogP contribution in [0.3, 0.4) is 0 Å². The lowest BCUT2D eigenvalue weighted by atomic mass is 10.1. The van der Waals surface area contributed by atoms with Crippen LogP contribution in [0.5, 0.6) is 0 Å². The molecule has 0 spiro atoms. The first kappa shape index (κ1) is 12.6. The average molecular weight is 265 g/mol. The van der Waals surface area contributed by atoms with Gasteiger partial charge in [0.2, 0.25) is 5.91 Å². The second-order valence-electron chi connectivity index (χ2n) is 4.01. The van der Waals surface area contributed by atoms with Crippen LogP contribution in [0.1, 0.15) is 17.0 Å². The number of nitrogens with one attached hydrogen (secondary N) is 1. The number of aryl methyl sites for hydroxylation is 1. The fraction of sp³-hybridized carbons (Fsp3) is 0.231. The van der Waals surface area contributed by atoms with Gasteiger partial charge in [-0.05, 0) is 24.6 Å². The van der Waals surface area contributed by atoms with E-state index in [9.17, 15) is 4.79 Å². The third-order valence-electron chi connectivity index (χ3n) is 2.40. The Balaban J connectivity index is 1.85. The Kier molecular flexibility index (Phi) is 3.99. The molecule has 0 fully saturated rings. The Bertz CT molecular complexity index is 551. The minimum Gasteiger partial charge on any atom is -0.361 e. The molecule has 1 aromatic heterocycles. The van der Waals surface area contributed by atoms with E-state index >= 15 is 0 Å². The van der Waals surface area contributed by atoms with Crippen molar-refractivity contribution >= 4 is 17.5 Å². The molecule has 0 saturated heterocycles. The van der Waals surface area contributed by atoms with Crippen LogP contribution in [-0.4, -0.2) is 11.1 Å². The van der Waals surface area contributed by atoms with Crippen molar-refractivity contribution in [3.05, 3.63) is 52.4 Å². The Morgan fingerprint density at radius 2 is 2.28 bits per heavy atom. The van der Waals surface area contributed by atoms with Gasteiger partial charge >= 0.3 is 0 Å². The first-order chi connectivity index (χ1) is 8.63. The number of aromatic nitrogens is 1. The van der Waals surface area contributed by atoms with Gasteiger partial charge in [-0.1, -0.05) is 28.9 Å². The van der Waals surface area contributed by atoms with E-state index in [0.29, 0.717) is 23.7 Å². The zero-order valence-electron chi connectivity index (χ0n) is 9.94. The second-order valence-corrected chi connectivity index (χ2v) is 4.45. The van der Waals surface area contributed by atoms with Gasteiger partial charge in [-0.25, -0.2) is 0 Å². The van der Waals surface area contributed by atoms with Gasteiger partial charge in [-0.15, -0.1) is 0 Å². The molecule has 2 rings (SSSR count). The van der Waals surface area contributed by atoms with E-state index < -0.39 is 0 Å². The maximum absolute atomic E-state index is 11.7. The van der Waals surface area contributed by atoms with Crippen LogP contribution >= 0.6 is 11.6 Å². The van der Waals surface area contributed by atoms with Crippen LogP contribution in [0.25, 0.3) is 0 Å². The molecule has 1 aromatic carbocycles. The molecule has 0 atom stereocenters. The van der Waals surface area contributed by atoms with Gasteiger partial charge in [-0.2, -0.15) is 0 Å².